The van der Waals surface area contributed by atoms with E-state index in [2.05, 4.69) is 25.5 Å². The second-order valence-electron chi connectivity index (χ2n) is 7.37. The number of rotatable bonds is 3. The first-order valence-corrected chi connectivity index (χ1v) is 9.98. The van der Waals surface area contributed by atoms with Gasteiger partial charge in [-0.15, -0.1) is 0 Å². The highest BCUT2D eigenvalue weighted by molar-refractivity contribution is 5.73. The summed E-state index contributed by atoms with van der Waals surface area (Å²) < 4.78 is 103. The molecule has 3 rings (SSSR count). The van der Waals surface area contributed by atoms with Crippen molar-refractivity contribution in [1.29, 1.82) is 0 Å². The van der Waals surface area contributed by atoms with Gasteiger partial charge in [0.25, 0.3) is 0 Å². The van der Waals surface area contributed by atoms with Gasteiger partial charge in [0.15, 0.2) is 0 Å². The largest absolute Gasteiger partial charge is 0.490 e. The average molecular weight is 569 g/mol. The van der Waals surface area contributed by atoms with Gasteiger partial charge in [-0.05, 0) is 20.4 Å². The molecular weight excluding hydrogens is 549 g/mol. The Hall–Kier alpha value is -3.84. The van der Waals surface area contributed by atoms with Crippen LogP contribution in [-0.2, 0) is 15.8 Å². The van der Waals surface area contributed by atoms with Crippen molar-refractivity contribution in [1.82, 2.24) is 25.5 Å². The molecule has 1 fully saturated rings. The summed E-state index contributed by atoms with van der Waals surface area (Å²) >= 11 is 0. The summed E-state index contributed by atoms with van der Waals surface area (Å²) in [4.78, 5) is 27.9. The first-order chi connectivity index (χ1) is 17.2. The molecule has 0 aromatic carbocycles. The van der Waals surface area contributed by atoms with E-state index in [1.807, 2.05) is 11.9 Å². The number of halogens is 9. The van der Waals surface area contributed by atoms with Gasteiger partial charge in [0.1, 0.15) is 17.1 Å². The first-order valence-electron chi connectivity index (χ1n) is 9.98. The van der Waals surface area contributed by atoms with Gasteiger partial charge >= 0.3 is 30.5 Å². The Balaban J connectivity index is 0.000000426. The first kappa shape index (κ1) is 32.2. The zero-order chi connectivity index (χ0) is 29.6. The molecule has 20 heteroatoms. The number of anilines is 2. The van der Waals surface area contributed by atoms with Crippen molar-refractivity contribution in [3.63, 3.8) is 0 Å². The van der Waals surface area contributed by atoms with Gasteiger partial charge in [-0.25, -0.2) is 14.6 Å². The summed E-state index contributed by atoms with van der Waals surface area (Å²) in [6, 6.07) is 1.81. The Bertz CT molecular complexity index is 1090. The van der Waals surface area contributed by atoms with Gasteiger partial charge < -0.3 is 26.2 Å². The van der Waals surface area contributed by atoms with Crippen molar-refractivity contribution in [3.05, 3.63) is 17.3 Å². The molecule has 1 atom stereocenters. The predicted molar refractivity (Wildman–Crippen MR) is 111 cm³/mol. The summed E-state index contributed by atoms with van der Waals surface area (Å²) in [5, 5.41) is 23.6. The van der Waals surface area contributed by atoms with Crippen LogP contribution in [0.4, 0.5) is 51.3 Å². The molecule has 0 amide bonds. The van der Waals surface area contributed by atoms with Crippen LogP contribution in [0.1, 0.15) is 17.7 Å². The number of nitrogens with one attached hydrogen (secondary N) is 2. The minimum Gasteiger partial charge on any atom is -0.475 e. The van der Waals surface area contributed by atoms with E-state index >= 15 is 0 Å². The highest BCUT2D eigenvalue weighted by Gasteiger charge is 2.39. The lowest BCUT2D eigenvalue weighted by molar-refractivity contribution is -0.193. The number of carboxylic acids is 2. The van der Waals surface area contributed by atoms with E-state index in [9.17, 15) is 39.5 Å². The van der Waals surface area contributed by atoms with E-state index < -0.39 is 36.0 Å². The van der Waals surface area contributed by atoms with Crippen LogP contribution < -0.4 is 16.0 Å². The van der Waals surface area contributed by atoms with Crippen molar-refractivity contribution in [3.8, 4) is 11.4 Å². The molecule has 1 aliphatic heterocycles. The van der Waals surface area contributed by atoms with Crippen molar-refractivity contribution in [2.45, 2.75) is 37.9 Å². The fourth-order valence-corrected chi connectivity index (χ4v) is 2.90. The highest BCUT2D eigenvalue weighted by Crippen LogP contribution is 2.38. The Labute approximate surface area is 206 Å². The molecule has 1 saturated heterocycles. The summed E-state index contributed by atoms with van der Waals surface area (Å²) in [6.45, 7) is 2.77. The van der Waals surface area contributed by atoms with E-state index in [1.165, 1.54) is 13.0 Å². The molecule has 0 unspecified atom stereocenters. The van der Waals surface area contributed by atoms with E-state index in [0.717, 1.165) is 13.0 Å². The molecule has 38 heavy (non-hydrogen) atoms. The van der Waals surface area contributed by atoms with Crippen molar-refractivity contribution in [2.24, 2.45) is 0 Å². The molecule has 2 aromatic rings. The summed E-state index contributed by atoms with van der Waals surface area (Å²) in [5.41, 5.74) is 4.61. The molecule has 0 bridgehead atoms. The van der Waals surface area contributed by atoms with Gasteiger partial charge in [0.2, 0.25) is 5.95 Å². The van der Waals surface area contributed by atoms with Crippen LogP contribution in [0.5, 0.6) is 0 Å². The fourth-order valence-electron chi connectivity index (χ4n) is 2.90. The number of alkyl halides is 9. The highest BCUT2D eigenvalue weighted by atomic mass is 19.4. The third-order valence-electron chi connectivity index (χ3n) is 4.61. The second-order valence-corrected chi connectivity index (χ2v) is 7.37. The Kier molecular flexibility index (Phi) is 10.3. The molecular formula is C18H20F9N7O4. The number of aromatic nitrogens is 4. The number of aryl methyl sites for hydroxylation is 1. The number of hydrogen-bond acceptors (Lipinski definition) is 8. The van der Waals surface area contributed by atoms with E-state index in [1.54, 1.807) is 0 Å². The lowest BCUT2D eigenvalue weighted by Gasteiger charge is -2.18. The Morgan fingerprint density at radius 3 is 1.95 bits per heavy atom. The molecule has 6 N–H and O–H groups in total. The molecule has 11 nitrogen and oxygen atoms in total. The molecule has 0 saturated carbocycles. The number of nitrogen functional groups attached to an aromatic ring is 1. The predicted octanol–water partition coefficient (Wildman–Crippen LogP) is 2.84. The van der Waals surface area contributed by atoms with Crippen molar-refractivity contribution in [2.75, 3.05) is 30.8 Å². The number of nitrogens with two attached hydrogens (primary N) is 1. The van der Waals surface area contributed by atoms with Gasteiger partial charge in [-0.2, -0.15) is 49.6 Å². The third kappa shape index (κ3) is 9.23. The maximum atomic E-state index is 13.3. The molecule has 214 valence electrons. The molecule has 2 aromatic heterocycles. The van der Waals surface area contributed by atoms with Gasteiger partial charge in [-0.3, -0.25) is 5.10 Å². The van der Waals surface area contributed by atoms with Gasteiger partial charge in [0, 0.05) is 30.9 Å². The zero-order valence-corrected chi connectivity index (χ0v) is 19.3. The number of aliphatic carboxylic acids is 2. The number of hydrogen-bond donors (Lipinski definition) is 5. The normalized spacial score (nSPS) is 15.8. The average Bonchev–Trinajstić information content (AvgIpc) is 3.39. The quantitative estimate of drug-likeness (QED) is 0.347. The van der Waals surface area contributed by atoms with E-state index in [4.69, 9.17) is 25.5 Å². The van der Waals surface area contributed by atoms with Crippen LogP contribution >= 0.6 is 0 Å². The minimum atomic E-state index is -5.08. The van der Waals surface area contributed by atoms with E-state index in [-0.39, 0.29) is 23.0 Å². The van der Waals surface area contributed by atoms with Crippen molar-refractivity contribution >= 4 is 23.7 Å². The lowest BCUT2D eigenvalue weighted by Crippen LogP contribution is -2.30. The molecule has 3 heterocycles. The summed E-state index contributed by atoms with van der Waals surface area (Å²) in [5.74, 6) is -5.09. The van der Waals surface area contributed by atoms with Crippen molar-refractivity contribution < 1.29 is 59.3 Å². The second kappa shape index (κ2) is 12.1. The Morgan fingerprint density at radius 2 is 1.55 bits per heavy atom. The van der Waals surface area contributed by atoms with Crippen LogP contribution in [0.3, 0.4) is 0 Å². The molecule has 1 aliphatic rings. The third-order valence-corrected chi connectivity index (χ3v) is 4.61. The Morgan fingerprint density at radius 1 is 1.05 bits per heavy atom. The summed E-state index contributed by atoms with van der Waals surface area (Å²) in [7, 11) is 1.87. The van der Waals surface area contributed by atoms with Gasteiger partial charge in [-0.1, -0.05) is 0 Å². The van der Waals surface area contributed by atoms with Crippen LogP contribution in [0.15, 0.2) is 6.07 Å². The van der Waals surface area contributed by atoms with E-state index in [0.29, 0.717) is 18.4 Å². The SMILES string of the molecule is CN[C@@H]1CCN(c2cc(-c3n[nH]c(C)c3C(F)(F)F)nc(N)n2)C1.O=C(O)C(F)(F)F.O=C(O)C(F)(F)F. The smallest absolute Gasteiger partial charge is 0.475 e. The number of H-pyrrole nitrogens is 1. The fraction of sp³-hybridized carbons (Fsp3) is 0.500. The van der Waals surface area contributed by atoms with Crippen LogP contribution in [0, 0.1) is 6.92 Å². The minimum absolute atomic E-state index is 0.0575. The standard InChI is InChI=1S/C14H18F3N7.2C2HF3O2/c1-7-11(14(15,16)17)12(23-22-7)9-5-10(21-13(18)20-9)24-4-3-8(6-24)19-2;2*3-2(4,5)1(6)7/h5,8,19H,3-4,6H2,1-2H3,(H,22,23)(H2,18,20,21);2*(H,6,7)/t8-;;/m1../s1. The number of aromatic amines is 1. The molecule has 0 radical (unpaired) electrons. The number of carboxylic acid groups (broad SMARTS) is 2. The van der Waals surface area contributed by atoms with Crippen LogP contribution in [-0.4, -0.2) is 80.8 Å². The summed E-state index contributed by atoms with van der Waals surface area (Å²) in [6.07, 6.45) is -13.8. The molecule has 0 aliphatic carbocycles. The maximum absolute atomic E-state index is 13.3. The van der Waals surface area contributed by atoms with Crippen LogP contribution in [0.25, 0.3) is 11.4 Å². The number of carbonyl (C=O) groups is 2. The number of likely N-dealkylation sites (N-methyl/N-ethyl adjacent to an activating group) is 1. The number of nitrogens with zero attached hydrogens (tertiary/aromatic N) is 4. The topological polar surface area (TPSA) is 170 Å². The molecule has 0 spiro atoms. The lowest BCUT2D eigenvalue weighted by atomic mass is 10.1. The zero-order valence-electron chi connectivity index (χ0n) is 19.3. The monoisotopic (exact) mass is 569 g/mol. The van der Waals surface area contributed by atoms with Crippen LogP contribution in [0.2, 0.25) is 0 Å². The van der Waals surface area contributed by atoms with Gasteiger partial charge in [0.05, 0.1) is 5.69 Å². The maximum Gasteiger partial charge on any atom is 0.490 e.